The van der Waals surface area contributed by atoms with Crippen molar-refractivity contribution in [2.45, 2.75) is 49.6 Å². The van der Waals surface area contributed by atoms with Crippen LogP contribution in [0.15, 0.2) is 47.4 Å². The highest BCUT2D eigenvalue weighted by atomic mass is 32.2. The molecule has 0 aromatic heterocycles. The maximum atomic E-state index is 14.5. The summed E-state index contributed by atoms with van der Waals surface area (Å²) in [4.78, 5) is 0.104. The summed E-state index contributed by atoms with van der Waals surface area (Å²) in [5.74, 6) is -12.1. The summed E-state index contributed by atoms with van der Waals surface area (Å²) in [6, 6.07) is 13.0. The number of aliphatic hydroxyl groups is 1. The Morgan fingerprint density at radius 3 is 2.08 bits per heavy atom. The SMILES string of the molecule is Cc1cccc(-c2ccc([C@@H]3C(CO)N4CCCCN(S(=O)(=O)c5c(F)c(F)c(F)c(F)c5F)CC34)cc2)c1C. The molecule has 214 valence electrons. The minimum atomic E-state index is -5.08. The van der Waals surface area contributed by atoms with E-state index in [4.69, 9.17) is 0 Å². The molecule has 2 fully saturated rings. The molecule has 2 saturated heterocycles. The summed E-state index contributed by atoms with van der Waals surface area (Å²) in [5, 5.41) is 10.2. The average Bonchev–Trinajstić information content (AvgIpc) is 2.91. The van der Waals surface area contributed by atoms with Crippen molar-refractivity contribution >= 4 is 10.0 Å². The van der Waals surface area contributed by atoms with E-state index in [1.807, 2.05) is 61.2 Å². The van der Waals surface area contributed by atoms with Gasteiger partial charge in [0, 0.05) is 31.1 Å². The van der Waals surface area contributed by atoms with Crippen molar-refractivity contribution in [2.75, 3.05) is 26.2 Å². The monoisotopic (exact) mass is 580 g/mol. The molecule has 1 N–H and O–H groups in total. The minimum Gasteiger partial charge on any atom is -0.395 e. The number of aryl methyl sites for hydroxylation is 1. The van der Waals surface area contributed by atoms with Crippen LogP contribution in [-0.2, 0) is 10.0 Å². The number of aliphatic hydroxyl groups excluding tert-OH is 1. The van der Waals surface area contributed by atoms with Crippen molar-refractivity contribution in [3.63, 3.8) is 0 Å². The molecule has 0 saturated carbocycles. The van der Waals surface area contributed by atoms with Crippen LogP contribution in [0.25, 0.3) is 11.1 Å². The fourth-order valence-electron chi connectivity index (χ4n) is 6.02. The predicted molar refractivity (Wildman–Crippen MR) is 140 cm³/mol. The second kappa shape index (κ2) is 10.8. The van der Waals surface area contributed by atoms with Crippen LogP contribution < -0.4 is 0 Å². The second-order valence-electron chi connectivity index (χ2n) is 10.4. The van der Waals surface area contributed by atoms with Gasteiger partial charge >= 0.3 is 0 Å². The van der Waals surface area contributed by atoms with Gasteiger partial charge in [0.2, 0.25) is 15.8 Å². The molecule has 3 aromatic carbocycles. The van der Waals surface area contributed by atoms with Gasteiger partial charge in [-0.3, -0.25) is 4.90 Å². The largest absolute Gasteiger partial charge is 0.395 e. The lowest BCUT2D eigenvalue weighted by Crippen LogP contribution is -2.67. The molecule has 2 aliphatic rings. The van der Waals surface area contributed by atoms with E-state index in [1.54, 1.807) is 0 Å². The summed E-state index contributed by atoms with van der Waals surface area (Å²) in [7, 11) is -5.08. The first-order valence-corrected chi connectivity index (χ1v) is 14.5. The van der Waals surface area contributed by atoms with Crippen molar-refractivity contribution in [3.05, 3.63) is 88.2 Å². The Morgan fingerprint density at radius 1 is 0.850 bits per heavy atom. The fraction of sp³-hybridized carbons (Fsp3) is 0.379. The summed E-state index contributed by atoms with van der Waals surface area (Å²) in [6.07, 6.45) is 0.833. The van der Waals surface area contributed by atoms with Crippen LogP contribution in [0, 0.1) is 42.9 Å². The Hall–Kier alpha value is -2.86. The molecule has 0 spiro atoms. The van der Waals surface area contributed by atoms with Gasteiger partial charge in [0.15, 0.2) is 28.2 Å². The molecule has 11 heteroatoms. The summed E-state index contributed by atoms with van der Waals surface area (Å²) >= 11 is 0. The zero-order valence-electron chi connectivity index (χ0n) is 22.0. The Morgan fingerprint density at radius 2 is 1.45 bits per heavy atom. The molecular formula is C29H29F5N2O3S. The van der Waals surface area contributed by atoms with Crippen molar-refractivity contribution in [2.24, 2.45) is 0 Å². The molecule has 0 amide bonds. The number of nitrogens with zero attached hydrogens (tertiary/aromatic N) is 2. The third kappa shape index (κ3) is 4.62. The quantitative estimate of drug-likeness (QED) is 0.254. The van der Waals surface area contributed by atoms with Crippen molar-refractivity contribution < 1.29 is 35.5 Å². The lowest BCUT2D eigenvalue weighted by molar-refractivity contribution is -0.0554. The third-order valence-corrected chi connectivity index (χ3v) is 10.2. The zero-order chi connectivity index (χ0) is 28.9. The number of hydrogen-bond donors (Lipinski definition) is 1. The molecule has 5 rings (SSSR count). The normalized spacial score (nSPS) is 22.4. The fourth-order valence-corrected chi connectivity index (χ4v) is 7.62. The maximum absolute atomic E-state index is 14.5. The Bertz CT molecular complexity index is 1520. The Balaban J connectivity index is 1.49. The van der Waals surface area contributed by atoms with Crippen LogP contribution >= 0.6 is 0 Å². The van der Waals surface area contributed by atoms with Crippen LogP contribution in [0.1, 0.15) is 35.4 Å². The van der Waals surface area contributed by atoms with Gasteiger partial charge in [-0.15, -0.1) is 0 Å². The van der Waals surface area contributed by atoms with E-state index in [0.29, 0.717) is 19.4 Å². The molecule has 2 unspecified atom stereocenters. The van der Waals surface area contributed by atoms with Crippen LogP contribution in [0.5, 0.6) is 0 Å². The topological polar surface area (TPSA) is 60.9 Å². The molecule has 5 nitrogen and oxygen atoms in total. The Labute approximate surface area is 229 Å². The van der Waals surface area contributed by atoms with E-state index < -0.39 is 50.0 Å². The lowest BCUT2D eigenvalue weighted by atomic mass is 9.74. The molecule has 3 aromatic rings. The highest BCUT2D eigenvalue weighted by Gasteiger charge is 2.51. The first-order chi connectivity index (χ1) is 19.0. The van der Waals surface area contributed by atoms with Gasteiger partial charge in [-0.25, -0.2) is 30.4 Å². The third-order valence-electron chi connectivity index (χ3n) is 8.31. The molecule has 0 aliphatic carbocycles. The molecule has 3 atom stereocenters. The number of hydrogen-bond acceptors (Lipinski definition) is 4. The highest BCUT2D eigenvalue weighted by Crippen LogP contribution is 2.43. The molecule has 0 radical (unpaired) electrons. The Kier molecular flexibility index (Phi) is 7.77. The van der Waals surface area contributed by atoms with E-state index in [-0.39, 0.29) is 31.7 Å². The van der Waals surface area contributed by atoms with Gasteiger partial charge in [0.05, 0.1) is 6.61 Å². The standard InChI is InChI=1S/C29H29F5N2O3S/c1-16-6-5-7-20(17(16)2)18-8-10-19(11-9-18)23-21-14-35(12-3-4-13-36(21)22(23)15-37)40(38,39)29-27(33)25(31)24(30)26(32)28(29)34/h5-11,21-23,37H,3-4,12-15H2,1-2H3/t21?,22?,23-/m0/s1. The van der Waals surface area contributed by atoms with Gasteiger partial charge in [-0.2, -0.15) is 4.31 Å². The lowest BCUT2D eigenvalue weighted by Gasteiger charge is -2.57. The van der Waals surface area contributed by atoms with Gasteiger partial charge in [0.25, 0.3) is 0 Å². The van der Waals surface area contributed by atoms with E-state index in [2.05, 4.69) is 0 Å². The van der Waals surface area contributed by atoms with E-state index in [1.165, 1.54) is 0 Å². The van der Waals surface area contributed by atoms with Gasteiger partial charge < -0.3 is 5.11 Å². The average molecular weight is 581 g/mol. The minimum absolute atomic E-state index is 0.145. The van der Waals surface area contributed by atoms with Gasteiger partial charge in [0.1, 0.15) is 0 Å². The predicted octanol–water partition coefficient (Wildman–Crippen LogP) is 5.28. The highest BCUT2D eigenvalue weighted by molar-refractivity contribution is 7.89. The number of sulfonamides is 1. The summed E-state index contributed by atoms with van der Waals surface area (Å²) in [5.41, 5.74) is 5.22. The molecule has 0 bridgehead atoms. The van der Waals surface area contributed by atoms with Crippen molar-refractivity contribution in [1.29, 1.82) is 0 Å². The van der Waals surface area contributed by atoms with Crippen molar-refractivity contribution in [1.82, 2.24) is 9.21 Å². The van der Waals surface area contributed by atoms with E-state index >= 15 is 0 Å². The van der Waals surface area contributed by atoms with Crippen molar-refractivity contribution in [3.8, 4) is 11.1 Å². The van der Waals surface area contributed by atoms with Crippen LogP contribution in [0.3, 0.4) is 0 Å². The van der Waals surface area contributed by atoms with E-state index in [9.17, 15) is 35.5 Å². The first kappa shape index (κ1) is 28.7. The zero-order valence-corrected chi connectivity index (χ0v) is 22.8. The number of fused-ring (bicyclic) bond motifs is 1. The first-order valence-electron chi connectivity index (χ1n) is 13.0. The van der Waals surface area contributed by atoms with E-state index in [0.717, 1.165) is 32.1 Å². The number of benzene rings is 3. The molecule has 40 heavy (non-hydrogen) atoms. The number of rotatable bonds is 5. The van der Waals surface area contributed by atoms with Crippen LogP contribution in [-0.4, -0.2) is 61.1 Å². The molecular weight excluding hydrogens is 551 g/mol. The maximum Gasteiger partial charge on any atom is 0.249 e. The summed E-state index contributed by atoms with van der Waals surface area (Å²) < 4.78 is 98.0. The van der Waals surface area contributed by atoms with Gasteiger partial charge in [-0.05, 0) is 61.1 Å². The summed E-state index contributed by atoms with van der Waals surface area (Å²) in [6.45, 7) is 4.07. The van der Waals surface area contributed by atoms with Crippen LogP contribution in [0.2, 0.25) is 0 Å². The second-order valence-corrected chi connectivity index (χ2v) is 12.3. The molecule has 2 aliphatic heterocycles. The van der Waals surface area contributed by atoms with Gasteiger partial charge in [-0.1, -0.05) is 42.5 Å². The molecule has 2 heterocycles. The van der Waals surface area contributed by atoms with Crippen LogP contribution in [0.4, 0.5) is 22.0 Å². The smallest absolute Gasteiger partial charge is 0.249 e. The number of halogens is 5.